The number of amides is 1. The Bertz CT molecular complexity index is 443. The Morgan fingerprint density at radius 3 is 2.47 bits per heavy atom. The van der Waals surface area contributed by atoms with E-state index in [1.54, 1.807) is 27.7 Å². The van der Waals surface area contributed by atoms with E-state index >= 15 is 0 Å². The number of nitrogens with one attached hydrogen (secondary N) is 2. The van der Waals surface area contributed by atoms with Gasteiger partial charge in [0.25, 0.3) is 0 Å². The number of aromatic amines is 1. The Morgan fingerprint density at radius 1 is 1.41 bits per heavy atom. The minimum Gasteiger partial charge on any atom is -0.478 e. The molecular formula is C11H16N2O4. The van der Waals surface area contributed by atoms with E-state index in [2.05, 4.69) is 10.3 Å². The lowest BCUT2D eigenvalue weighted by Crippen LogP contribution is -2.27. The van der Waals surface area contributed by atoms with Gasteiger partial charge in [0, 0.05) is 5.69 Å². The van der Waals surface area contributed by atoms with Gasteiger partial charge < -0.3 is 14.8 Å². The average Bonchev–Trinajstić information content (AvgIpc) is 2.42. The van der Waals surface area contributed by atoms with Gasteiger partial charge in [0.2, 0.25) is 0 Å². The molecule has 0 radical (unpaired) electrons. The number of aromatic carboxylic acids is 1. The molecule has 0 atom stereocenters. The van der Waals surface area contributed by atoms with E-state index in [1.807, 2.05) is 0 Å². The predicted molar refractivity (Wildman–Crippen MR) is 62.3 cm³/mol. The maximum Gasteiger partial charge on any atom is 0.413 e. The number of ether oxygens (including phenoxy) is 1. The Kier molecular flexibility index (Phi) is 3.45. The SMILES string of the molecule is Cc1cc(C(=O)O)c(NC(=O)OC(C)(C)C)[nH]1. The molecule has 6 nitrogen and oxygen atoms in total. The van der Waals surface area contributed by atoms with Gasteiger partial charge in [-0.15, -0.1) is 0 Å². The molecule has 0 spiro atoms. The minimum absolute atomic E-state index is 0.00774. The number of H-pyrrole nitrogens is 1. The molecular weight excluding hydrogens is 224 g/mol. The first-order chi connectivity index (χ1) is 7.69. The number of hydrogen-bond acceptors (Lipinski definition) is 3. The lowest BCUT2D eigenvalue weighted by atomic mass is 10.2. The Hall–Kier alpha value is -1.98. The van der Waals surface area contributed by atoms with E-state index in [-0.39, 0.29) is 11.4 Å². The fourth-order valence-electron chi connectivity index (χ4n) is 1.26. The standard InChI is InChI=1S/C11H16N2O4/c1-6-5-7(9(14)15)8(12-6)13-10(16)17-11(2,3)4/h5,12H,1-4H3,(H,13,16)(H,14,15). The summed E-state index contributed by atoms with van der Waals surface area (Å²) in [7, 11) is 0. The van der Waals surface area contributed by atoms with Gasteiger partial charge >= 0.3 is 12.1 Å². The second-order valence-corrected chi connectivity index (χ2v) is 4.67. The third-order valence-corrected chi connectivity index (χ3v) is 1.81. The monoisotopic (exact) mass is 240 g/mol. The largest absolute Gasteiger partial charge is 0.478 e. The molecule has 3 N–H and O–H groups in total. The molecule has 0 aromatic carbocycles. The smallest absolute Gasteiger partial charge is 0.413 e. The molecule has 17 heavy (non-hydrogen) atoms. The van der Waals surface area contributed by atoms with Gasteiger partial charge in [-0.25, -0.2) is 9.59 Å². The highest BCUT2D eigenvalue weighted by Crippen LogP contribution is 2.17. The predicted octanol–water partition coefficient (Wildman–Crippen LogP) is 2.37. The molecule has 0 aliphatic carbocycles. The molecule has 0 saturated carbocycles. The molecule has 1 rings (SSSR count). The minimum atomic E-state index is -1.11. The topological polar surface area (TPSA) is 91.4 Å². The molecule has 0 aliphatic rings. The zero-order valence-electron chi connectivity index (χ0n) is 10.2. The number of carbonyl (C=O) groups excluding carboxylic acids is 1. The lowest BCUT2D eigenvalue weighted by molar-refractivity contribution is 0.0635. The van der Waals surface area contributed by atoms with Crippen LogP contribution in [0.2, 0.25) is 0 Å². The highest BCUT2D eigenvalue weighted by atomic mass is 16.6. The summed E-state index contributed by atoms with van der Waals surface area (Å²) in [5.41, 5.74) is 0.0246. The second-order valence-electron chi connectivity index (χ2n) is 4.67. The van der Waals surface area contributed by atoms with Crippen LogP contribution in [0.5, 0.6) is 0 Å². The van der Waals surface area contributed by atoms with E-state index in [4.69, 9.17) is 9.84 Å². The van der Waals surface area contributed by atoms with E-state index < -0.39 is 17.7 Å². The third kappa shape index (κ3) is 3.82. The first-order valence-electron chi connectivity index (χ1n) is 5.12. The van der Waals surface area contributed by atoms with Crippen molar-refractivity contribution in [3.8, 4) is 0 Å². The summed E-state index contributed by atoms with van der Waals surface area (Å²) in [5.74, 6) is -0.982. The summed E-state index contributed by atoms with van der Waals surface area (Å²) in [6.07, 6.45) is -0.693. The van der Waals surface area contributed by atoms with Crippen LogP contribution in [0.15, 0.2) is 6.07 Å². The van der Waals surface area contributed by atoms with Gasteiger partial charge in [-0.05, 0) is 33.8 Å². The van der Waals surface area contributed by atoms with Crippen molar-refractivity contribution < 1.29 is 19.4 Å². The van der Waals surface area contributed by atoms with Gasteiger partial charge in [-0.2, -0.15) is 0 Å². The van der Waals surface area contributed by atoms with Gasteiger partial charge in [0.15, 0.2) is 0 Å². The molecule has 0 bridgehead atoms. The molecule has 1 aromatic heterocycles. The second kappa shape index (κ2) is 4.48. The fraction of sp³-hybridized carbons (Fsp3) is 0.455. The number of carbonyl (C=O) groups is 2. The summed E-state index contributed by atoms with van der Waals surface area (Å²) in [5, 5.41) is 11.3. The average molecular weight is 240 g/mol. The number of carboxylic acid groups (broad SMARTS) is 1. The maximum absolute atomic E-state index is 11.5. The highest BCUT2D eigenvalue weighted by molar-refractivity contribution is 5.98. The third-order valence-electron chi connectivity index (χ3n) is 1.81. The number of aryl methyl sites for hydroxylation is 1. The number of anilines is 1. The maximum atomic E-state index is 11.5. The molecule has 0 saturated heterocycles. The van der Waals surface area contributed by atoms with Crippen molar-refractivity contribution in [3.63, 3.8) is 0 Å². The number of hydrogen-bond donors (Lipinski definition) is 3. The number of carboxylic acids is 1. The molecule has 6 heteroatoms. The number of rotatable bonds is 2. The van der Waals surface area contributed by atoms with E-state index in [0.29, 0.717) is 5.69 Å². The zero-order valence-corrected chi connectivity index (χ0v) is 10.2. The Labute approximate surface area is 99.0 Å². The van der Waals surface area contributed by atoms with Crippen molar-refractivity contribution in [2.24, 2.45) is 0 Å². The summed E-state index contributed by atoms with van der Waals surface area (Å²) in [4.78, 5) is 25.1. The van der Waals surface area contributed by atoms with Crippen molar-refractivity contribution in [1.29, 1.82) is 0 Å². The first-order valence-corrected chi connectivity index (χ1v) is 5.12. The Balaban J connectivity index is 2.81. The lowest BCUT2D eigenvalue weighted by Gasteiger charge is -2.19. The summed E-state index contributed by atoms with van der Waals surface area (Å²) >= 11 is 0. The molecule has 1 amide bonds. The van der Waals surface area contributed by atoms with Crippen molar-refractivity contribution in [3.05, 3.63) is 17.3 Å². The molecule has 1 heterocycles. The van der Waals surface area contributed by atoms with Crippen molar-refractivity contribution in [2.45, 2.75) is 33.3 Å². The van der Waals surface area contributed by atoms with Crippen LogP contribution in [-0.4, -0.2) is 27.8 Å². The van der Waals surface area contributed by atoms with E-state index in [0.717, 1.165) is 0 Å². The van der Waals surface area contributed by atoms with Crippen LogP contribution in [-0.2, 0) is 4.74 Å². The molecule has 0 unspecified atom stereocenters. The summed E-state index contributed by atoms with van der Waals surface area (Å²) in [6.45, 7) is 6.88. The normalized spacial score (nSPS) is 11.1. The van der Waals surface area contributed by atoms with E-state index in [9.17, 15) is 9.59 Å². The first kappa shape index (κ1) is 13.1. The van der Waals surface area contributed by atoms with Crippen LogP contribution in [0.25, 0.3) is 0 Å². The number of aromatic nitrogens is 1. The molecule has 1 aromatic rings. The van der Waals surface area contributed by atoms with Gasteiger partial charge in [0.05, 0.1) is 0 Å². The summed E-state index contributed by atoms with van der Waals surface area (Å²) < 4.78 is 5.02. The van der Waals surface area contributed by atoms with Gasteiger partial charge in [0.1, 0.15) is 17.0 Å². The van der Waals surface area contributed by atoms with E-state index in [1.165, 1.54) is 6.07 Å². The highest BCUT2D eigenvalue weighted by Gasteiger charge is 2.20. The fourth-order valence-corrected chi connectivity index (χ4v) is 1.26. The zero-order chi connectivity index (χ0) is 13.2. The summed E-state index contributed by atoms with van der Waals surface area (Å²) in [6, 6.07) is 1.44. The van der Waals surface area contributed by atoms with Crippen LogP contribution in [0.1, 0.15) is 36.8 Å². The van der Waals surface area contributed by atoms with Crippen LogP contribution >= 0.6 is 0 Å². The van der Waals surface area contributed by atoms with Crippen LogP contribution in [0.4, 0.5) is 10.6 Å². The molecule has 0 fully saturated rings. The van der Waals surface area contributed by atoms with Crippen molar-refractivity contribution in [1.82, 2.24) is 4.98 Å². The van der Waals surface area contributed by atoms with Crippen molar-refractivity contribution >= 4 is 17.9 Å². The molecule has 0 aliphatic heterocycles. The van der Waals surface area contributed by atoms with Crippen LogP contribution < -0.4 is 5.32 Å². The van der Waals surface area contributed by atoms with Gasteiger partial charge in [-0.3, -0.25) is 5.32 Å². The van der Waals surface area contributed by atoms with Gasteiger partial charge in [-0.1, -0.05) is 0 Å². The van der Waals surface area contributed by atoms with Crippen molar-refractivity contribution in [2.75, 3.05) is 5.32 Å². The van der Waals surface area contributed by atoms with Crippen LogP contribution in [0, 0.1) is 6.92 Å². The Morgan fingerprint density at radius 2 is 2.00 bits per heavy atom. The molecule has 94 valence electrons. The van der Waals surface area contributed by atoms with Crippen LogP contribution in [0.3, 0.4) is 0 Å². The quantitative estimate of drug-likeness (QED) is 0.740.